The van der Waals surface area contributed by atoms with E-state index >= 15 is 0 Å². The number of carbonyl (C=O) groups excluding carboxylic acids is 2. The molecule has 1 aliphatic carbocycles. The van der Waals surface area contributed by atoms with Crippen LogP contribution >= 0.6 is 0 Å². The first-order valence-corrected chi connectivity index (χ1v) is 9.61. The number of ether oxygens (including phenoxy) is 1. The molecule has 0 unspecified atom stereocenters. The zero-order valence-corrected chi connectivity index (χ0v) is 17.4. The number of benzene rings is 3. The van der Waals surface area contributed by atoms with E-state index in [0.29, 0.717) is 5.56 Å². The summed E-state index contributed by atoms with van der Waals surface area (Å²) in [7, 11) is 1.25. The topological polar surface area (TPSA) is 145 Å². The summed E-state index contributed by atoms with van der Waals surface area (Å²) < 4.78 is 5.10. The molecule has 0 saturated heterocycles. The SMILES string of the molecule is COc1cc(O)c([C@@]2(O)c3cccc(O)c3C(=O)c3c(O)cc(C)cc32)c(O)c1C(C)=O. The summed E-state index contributed by atoms with van der Waals surface area (Å²) in [5, 5.41) is 55.0. The van der Waals surface area contributed by atoms with Gasteiger partial charge in [-0.15, -0.1) is 0 Å². The molecule has 3 aromatic carbocycles. The number of carbonyl (C=O) groups is 2. The minimum Gasteiger partial charge on any atom is -0.507 e. The maximum atomic E-state index is 13.2. The Hall–Kier alpha value is -4.04. The molecule has 0 radical (unpaired) electrons. The second kappa shape index (κ2) is 7.00. The van der Waals surface area contributed by atoms with Crippen molar-refractivity contribution in [3.63, 3.8) is 0 Å². The van der Waals surface area contributed by atoms with Crippen molar-refractivity contribution in [3.8, 4) is 28.7 Å². The van der Waals surface area contributed by atoms with Crippen molar-refractivity contribution >= 4 is 11.6 Å². The molecule has 4 rings (SSSR count). The number of hydrogen-bond donors (Lipinski definition) is 5. The molecule has 8 nitrogen and oxygen atoms in total. The van der Waals surface area contributed by atoms with Gasteiger partial charge in [-0.2, -0.15) is 0 Å². The number of Topliss-reactive ketones (excluding diaryl/α,β-unsaturated/α-hetero) is 1. The van der Waals surface area contributed by atoms with Crippen molar-refractivity contribution in [2.75, 3.05) is 7.11 Å². The first-order chi connectivity index (χ1) is 15.0. The van der Waals surface area contributed by atoms with Crippen molar-refractivity contribution in [3.05, 3.63) is 75.3 Å². The Bertz CT molecular complexity index is 1320. The Balaban J connectivity index is 2.24. The molecule has 0 fully saturated rings. The Kier molecular flexibility index (Phi) is 4.64. The smallest absolute Gasteiger partial charge is 0.201 e. The number of aromatic hydroxyl groups is 4. The normalized spacial score (nSPS) is 16.9. The Labute approximate surface area is 182 Å². The Morgan fingerprint density at radius 1 is 0.938 bits per heavy atom. The highest BCUT2D eigenvalue weighted by Gasteiger charge is 2.49. The molecule has 3 aromatic rings. The molecule has 0 aromatic heterocycles. The van der Waals surface area contributed by atoms with E-state index < -0.39 is 45.7 Å². The molecule has 1 atom stereocenters. The molecule has 0 aliphatic heterocycles. The Morgan fingerprint density at radius 2 is 1.59 bits per heavy atom. The van der Waals surface area contributed by atoms with Gasteiger partial charge in [-0.05, 0) is 31.5 Å². The highest BCUT2D eigenvalue weighted by atomic mass is 16.5. The Morgan fingerprint density at radius 3 is 2.22 bits per heavy atom. The van der Waals surface area contributed by atoms with E-state index in [4.69, 9.17) is 4.74 Å². The van der Waals surface area contributed by atoms with Crippen LogP contribution in [-0.2, 0) is 5.60 Å². The van der Waals surface area contributed by atoms with Crippen LogP contribution in [0.3, 0.4) is 0 Å². The molecular formula is C24H20O8. The van der Waals surface area contributed by atoms with E-state index in [9.17, 15) is 35.1 Å². The van der Waals surface area contributed by atoms with Gasteiger partial charge < -0.3 is 30.3 Å². The molecule has 0 saturated carbocycles. The lowest BCUT2D eigenvalue weighted by atomic mass is 9.69. The third kappa shape index (κ3) is 2.66. The van der Waals surface area contributed by atoms with E-state index in [2.05, 4.69) is 0 Å². The van der Waals surface area contributed by atoms with Crippen LogP contribution in [0.15, 0.2) is 36.4 Å². The number of aryl methyl sites for hydroxylation is 1. The van der Waals surface area contributed by atoms with Gasteiger partial charge >= 0.3 is 0 Å². The quantitative estimate of drug-likeness (QED) is 0.394. The summed E-state index contributed by atoms with van der Waals surface area (Å²) in [6.07, 6.45) is 0. The second-order valence-corrected chi connectivity index (χ2v) is 7.70. The van der Waals surface area contributed by atoms with Crippen LogP contribution < -0.4 is 4.74 Å². The van der Waals surface area contributed by atoms with Gasteiger partial charge in [-0.1, -0.05) is 18.2 Å². The number of aliphatic hydroxyl groups is 1. The highest BCUT2D eigenvalue weighted by Crippen LogP contribution is 2.54. The molecule has 164 valence electrons. The number of rotatable bonds is 3. The molecule has 0 amide bonds. The average Bonchev–Trinajstić information content (AvgIpc) is 2.70. The molecule has 0 bridgehead atoms. The van der Waals surface area contributed by atoms with E-state index in [1.807, 2.05) is 0 Å². The fraction of sp³-hybridized carbons (Fsp3) is 0.167. The first kappa shape index (κ1) is 21.2. The lowest BCUT2D eigenvalue weighted by Crippen LogP contribution is -2.37. The van der Waals surface area contributed by atoms with Gasteiger partial charge in [-0.25, -0.2) is 0 Å². The van der Waals surface area contributed by atoms with Crippen LogP contribution in [0.5, 0.6) is 28.7 Å². The van der Waals surface area contributed by atoms with Gasteiger partial charge in [-0.3, -0.25) is 9.59 Å². The third-order valence-electron chi connectivity index (χ3n) is 5.72. The minimum atomic E-state index is -2.41. The predicted molar refractivity (Wildman–Crippen MR) is 113 cm³/mol. The summed E-state index contributed by atoms with van der Waals surface area (Å²) in [6.45, 7) is 2.80. The monoisotopic (exact) mass is 436 g/mol. The molecule has 0 heterocycles. The van der Waals surface area contributed by atoms with Crippen molar-refractivity contribution in [2.24, 2.45) is 0 Å². The largest absolute Gasteiger partial charge is 0.507 e. The number of fused-ring (bicyclic) bond motifs is 2. The number of hydrogen-bond acceptors (Lipinski definition) is 8. The lowest BCUT2D eigenvalue weighted by molar-refractivity contribution is 0.0916. The highest BCUT2D eigenvalue weighted by molar-refractivity contribution is 6.16. The zero-order chi connectivity index (χ0) is 23.5. The minimum absolute atomic E-state index is 0.116. The predicted octanol–water partition coefficient (Wildman–Crippen LogP) is 2.86. The fourth-order valence-corrected chi connectivity index (χ4v) is 4.40. The van der Waals surface area contributed by atoms with Gasteiger partial charge in [0.1, 0.15) is 39.9 Å². The third-order valence-corrected chi connectivity index (χ3v) is 5.72. The van der Waals surface area contributed by atoms with E-state index in [1.165, 1.54) is 44.4 Å². The van der Waals surface area contributed by atoms with Crippen LogP contribution in [-0.4, -0.2) is 44.2 Å². The van der Waals surface area contributed by atoms with Gasteiger partial charge in [0.05, 0.1) is 23.8 Å². The summed E-state index contributed by atoms with van der Waals surface area (Å²) in [5.74, 6) is -3.74. The molecule has 1 aliphatic rings. The van der Waals surface area contributed by atoms with Crippen LogP contribution in [0.2, 0.25) is 0 Å². The van der Waals surface area contributed by atoms with Crippen molar-refractivity contribution < 1.29 is 39.9 Å². The standard InChI is InChI=1S/C24H20O8/c1-10-7-13-20(15(27)8-10)22(29)19-12(5-4-6-14(19)26)24(13,31)21-16(28)9-17(32-3)18(11(2)25)23(21)30/h4-9,26-28,30-31H,1-3H3/t24-/m1/s1. The van der Waals surface area contributed by atoms with Crippen LogP contribution in [0.25, 0.3) is 0 Å². The fourth-order valence-electron chi connectivity index (χ4n) is 4.40. The number of phenols is 4. The van der Waals surface area contributed by atoms with Gasteiger partial charge in [0, 0.05) is 17.2 Å². The van der Waals surface area contributed by atoms with Crippen molar-refractivity contribution in [2.45, 2.75) is 19.4 Å². The molecule has 8 heteroatoms. The van der Waals surface area contributed by atoms with E-state index in [1.54, 1.807) is 6.92 Å². The maximum absolute atomic E-state index is 13.2. The van der Waals surface area contributed by atoms with Gasteiger partial charge in [0.25, 0.3) is 0 Å². The van der Waals surface area contributed by atoms with Crippen LogP contribution in [0, 0.1) is 6.92 Å². The zero-order valence-electron chi connectivity index (χ0n) is 17.4. The molecule has 0 spiro atoms. The van der Waals surface area contributed by atoms with Gasteiger partial charge in [0.2, 0.25) is 5.78 Å². The van der Waals surface area contributed by atoms with Crippen LogP contribution in [0.1, 0.15) is 55.5 Å². The van der Waals surface area contributed by atoms with E-state index in [-0.39, 0.29) is 33.6 Å². The lowest BCUT2D eigenvalue weighted by Gasteiger charge is -2.37. The number of ketones is 2. The summed E-state index contributed by atoms with van der Waals surface area (Å²) >= 11 is 0. The molecular weight excluding hydrogens is 416 g/mol. The van der Waals surface area contributed by atoms with Crippen molar-refractivity contribution in [1.82, 2.24) is 0 Å². The first-order valence-electron chi connectivity index (χ1n) is 9.61. The summed E-state index contributed by atoms with van der Waals surface area (Å²) in [6, 6.07) is 7.79. The second-order valence-electron chi connectivity index (χ2n) is 7.70. The van der Waals surface area contributed by atoms with Crippen molar-refractivity contribution in [1.29, 1.82) is 0 Å². The average molecular weight is 436 g/mol. The maximum Gasteiger partial charge on any atom is 0.201 e. The number of phenolic OH excluding ortho intramolecular Hbond substituents is 4. The summed E-state index contributed by atoms with van der Waals surface area (Å²) in [4.78, 5) is 25.5. The molecule has 5 N–H and O–H groups in total. The van der Waals surface area contributed by atoms with Crippen LogP contribution in [0.4, 0.5) is 0 Å². The van der Waals surface area contributed by atoms with E-state index in [0.717, 1.165) is 6.07 Å². The van der Waals surface area contributed by atoms with Gasteiger partial charge in [0.15, 0.2) is 5.78 Å². The number of methoxy groups -OCH3 is 1. The summed E-state index contributed by atoms with van der Waals surface area (Å²) in [5.41, 5.74) is -3.57. The molecule has 32 heavy (non-hydrogen) atoms.